The summed E-state index contributed by atoms with van der Waals surface area (Å²) in [5, 5.41) is 0.641. The molecular weight excluding hydrogens is 271 g/mol. The van der Waals surface area contributed by atoms with E-state index in [0.29, 0.717) is 16.6 Å². The van der Waals surface area contributed by atoms with Gasteiger partial charge in [0.2, 0.25) is 0 Å². The van der Waals surface area contributed by atoms with Crippen LogP contribution in [0.15, 0.2) is 24.3 Å². The summed E-state index contributed by atoms with van der Waals surface area (Å²) in [5.74, 6) is 5.13. The largest absolute Gasteiger partial charge is 0.573 e. The number of nitrogens with zero attached hydrogens (tertiary/aromatic N) is 1. The zero-order chi connectivity index (χ0) is 14.8. The number of halogens is 3. The highest BCUT2D eigenvalue weighted by molar-refractivity contribution is 5.92. The van der Waals surface area contributed by atoms with Gasteiger partial charge in [0.15, 0.2) is 0 Å². The molecule has 7 heteroatoms. The van der Waals surface area contributed by atoms with Gasteiger partial charge in [0.1, 0.15) is 5.75 Å². The molecule has 0 amide bonds. The van der Waals surface area contributed by atoms with Gasteiger partial charge in [0.05, 0.1) is 11.2 Å². The van der Waals surface area contributed by atoms with Crippen molar-refractivity contribution in [3.05, 3.63) is 30.0 Å². The second-order valence-corrected chi connectivity index (χ2v) is 4.28. The standard InChI is InChI=1S/C13H14F3N3O/c1-2-3-8-6-12(19-17)10-5-4-9(7-11(10)18-8)20-13(14,15)16/h4-7H,2-3,17H2,1H3,(H,18,19). The highest BCUT2D eigenvalue weighted by Gasteiger charge is 2.31. The van der Waals surface area contributed by atoms with Crippen molar-refractivity contribution in [2.45, 2.75) is 26.1 Å². The number of anilines is 1. The van der Waals surface area contributed by atoms with Gasteiger partial charge in [-0.2, -0.15) is 0 Å². The molecule has 0 aliphatic carbocycles. The average molecular weight is 285 g/mol. The number of fused-ring (bicyclic) bond motifs is 1. The van der Waals surface area contributed by atoms with Gasteiger partial charge in [-0.1, -0.05) is 13.3 Å². The predicted octanol–water partition coefficient (Wildman–Crippen LogP) is 3.37. The van der Waals surface area contributed by atoms with Crippen molar-refractivity contribution < 1.29 is 17.9 Å². The normalized spacial score (nSPS) is 11.7. The third-order valence-corrected chi connectivity index (χ3v) is 2.73. The van der Waals surface area contributed by atoms with Crippen LogP contribution in [0.5, 0.6) is 5.75 Å². The Kier molecular flexibility index (Phi) is 3.99. The highest BCUT2D eigenvalue weighted by Crippen LogP contribution is 2.29. The number of hydrogen-bond donors (Lipinski definition) is 2. The lowest BCUT2D eigenvalue weighted by molar-refractivity contribution is -0.274. The van der Waals surface area contributed by atoms with Gasteiger partial charge in [0, 0.05) is 17.1 Å². The van der Waals surface area contributed by atoms with Gasteiger partial charge >= 0.3 is 6.36 Å². The number of nitrogens with two attached hydrogens (primary N) is 1. The molecule has 1 heterocycles. The van der Waals surface area contributed by atoms with E-state index in [1.165, 1.54) is 18.2 Å². The van der Waals surface area contributed by atoms with E-state index >= 15 is 0 Å². The first kappa shape index (κ1) is 14.4. The lowest BCUT2D eigenvalue weighted by Crippen LogP contribution is -2.17. The Morgan fingerprint density at radius 1 is 1.30 bits per heavy atom. The first-order chi connectivity index (χ1) is 9.43. The zero-order valence-electron chi connectivity index (χ0n) is 10.8. The minimum Gasteiger partial charge on any atom is -0.406 e. The Balaban J connectivity index is 2.49. The van der Waals surface area contributed by atoms with E-state index < -0.39 is 6.36 Å². The van der Waals surface area contributed by atoms with Crippen LogP contribution in [0.4, 0.5) is 18.9 Å². The summed E-state index contributed by atoms with van der Waals surface area (Å²) in [6, 6.07) is 5.77. The van der Waals surface area contributed by atoms with Crippen molar-refractivity contribution in [1.82, 2.24) is 4.98 Å². The van der Waals surface area contributed by atoms with Gasteiger partial charge in [0.25, 0.3) is 0 Å². The molecule has 0 aliphatic rings. The quantitative estimate of drug-likeness (QED) is 0.668. The molecule has 0 aliphatic heterocycles. The lowest BCUT2D eigenvalue weighted by Gasteiger charge is -2.12. The Hall–Kier alpha value is -2.02. The maximum Gasteiger partial charge on any atom is 0.573 e. The maximum absolute atomic E-state index is 12.2. The van der Waals surface area contributed by atoms with Crippen molar-refractivity contribution >= 4 is 16.6 Å². The van der Waals surface area contributed by atoms with E-state index in [2.05, 4.69) is 15.1 Å². The Morgan fingerprint density at radius 3 is 2.65 bits per heavy atom. The van der Waals surface area contributed by atoms with Crippen molar-refractivity contribution in [2.75, 3.05) is 5.43 Å². The van der Waals surface area contributed by atoms with Crippen LogP contribution in [0.2, 0.25) is 0 Å². The molecule has 1 aromatic heterocycles. The lowest BCUT2D eigenvalue weighted by atomic mass is 10.1. The molecule has 0 unspecified atom stereocenters. The van der Waals surface area contributed by atoms with E-state index in [1.807, 2.05) is 6.92 Å². The smallest absolute Gasteiger partial charge is 0.406 e. The molecule has 0 spiro atoms. The fourth-order valence-electron chi connectivity index (χ4n) is 1.96. The van der Waals surface area contributed by atoms with Crippen molar-refractivity contribution in [3.63, 3.8) is 0 Å². The number of nitrogens with one attached hydrogen (secondary N) is 1. The van der Waals surface area contributed by atoms with E-state index in [4.69, 9.17) is 5.84 Å². The molecule has 4 nitrogen and oxygen atoms in total. The number of nitrogen functional groups attached to an aromatic ring is 1. The van der Waals surface area contributed by atoms with Crippen LogP contribution >= 0.6 is 0 Å². The van der Waals surface area contributed by atoms with Crippen LogP contribution in [0.3, 0.4) is 0 Å². The molecule has 0 saturated carbocycles. The average Bonchev–Trinajstić information content (AvgIpc) is 2.35. The van der Waals surface area contributed by atoms with Crippen LogP contribution < -0.4 is 16.0 Å². The summed E-state index contributed by atoms with van der Waals surface area (Å²) >= 11 is 0. The Bertz CT molecular complexity index is 614. The van der Waals surface area contributed by atoms with Crippen LogP contribution in [-0.2, 0) is 6.42 Å². The molecule has 0 atom stereocenters. The molecule has 1 aromatic carbocycles. The van der Waals surface area contributed by atoms with Crippen LogP contribution in [0, 0.1) is 0 Å². The van der Waals surface area contributed by atoms with Crippen LogP contribution in [-0.4, -0.2) is 11.3 Å². The van der Waals surface area contributed by atoms with Crippen LogP contribution in [0.25, 0.3) is 10.9 Å². The number of rotatable bonds is 4. The van der Waals surface area contributed by atoms with Crippen LogP contribution in [0.1, 0.15) is 19.0 Å². The molecule has 3 N–H and O–H groups in total. The topological polar surface area (TPSA) is 60.2 Å². The Labute approximate surface area is 113 Å². The zero-order valence-corrected chi connectivity index (χ0v) is 10.8. The monoisotopic (exact) mass is 285 g/mol. The van der Waals surface area contributed by atoms with E-state index in [0.717, 1.165) is 18.5 Å². The summed E-state index contributed by atoms with van der Waals surface area (Å²) in [6.07, 6.45) is -3.13. The molecule has 2 aromatic rings. The SMILES string of the molecule is CCCc1cc(NN)c2ccc(OC(F)(F)F)cc2n1. The molecular formula is C13H14F3N3O. The molecule has 108 valence electrons. The van der Waals surface area contributed by atoms with Crippen molar-refractivity contribution in [1.29, 1.82) is 0 Å². The minimum atomic E-state index is -4.72. The predicted molar refractivity (Wildman–Crippen MR) is 70.2 cm³/mol. The van der Waals surface area contributed by atoms with Crippen molar-refractivity contribution in [2.24, 2.45) is 5.84 Å². The summed E-state index contributed by atoms with van der Waals surface area (Å²) in [5.41, 5.74) is 4.32. The molecule has 2 rings (SSSR count). The second kappa shape index (κ2) is 5.54. The fraction of sp³-hybridized carbons (Fsp3) is 0.308. The molecule has 0 saturated heterocycles. The number of aromatic nitrogens is 1. The molecule has 0 radical (unpaired) electrons. The number of benzene rings is 1. The summed E-state index contributed by atoms with van der Waals surface area (Å²) in [7, 11) is 0. The minimum absolute atomic E-state index is 0.297. The number of ether oxygens (including phenoxy) is 1. The van der Waals surface area contributed by atoms with Gasteiger partial charge in [-0.15, -0.1) is 13.2 Å². The van der Waals surface area contributed by atoms with E-state index in [1.54, 1.807) is 6.07 Å². The molecule has 20 heavy (non-hydrogen) atoms. The number of aryl methyl sites for hydroxylation is 1. The third kappa shape index (κ3) is 3.30. The molecule has 0 fully saturated rings. The van der Waals surface area contributed by atoms with Gasteiger partial charge in [-0.3, -0.25) is 10.8 Å². The highest BCUT2D eigenvalue weighted by atomic mass is 19.4. The van der Waals surface area contributed by atoms with E-state index in [9.17, 15) is 13.2 Å². The second-order valence-electron chi connectivity index (χ2n) is 4.28. The Morgan fingerprint density at radius 2 is 2.05 bits per heavy atom. The van der Waals surface area contributed by atoms with E-state index in [-0.39, 0.29) is 5.75 Å². The van der Waals surface area contributed by atoms with Gasteiger partial charge in [-0.05, 0) is 24.6 Å². The summed E-state index contributed by atoms with van der Waals surface area (Å²) in [4.78, 5) is 4.32. The summed E-state index contributed by atoms with van der Waals surface area (Å²) in [6.45, 7) is 1.99. The van der Waals surface area contributed by atoms with Gasteiger partial charge in [-0.25, -0.2) is 0 Å². The molecule has 0 bridgehead atoms. The van der Waals surface area contributed by atoms with Gasteiger partial charge < -0.3 is 10.2 Å². The first-order valence-electron chi connectivity index (χ1n) is 6.09. The third-order valence-electron chi connectivity index (χ3n) is 2.73. The summed E-state index contributed by atoms with van der Waals surface area (Å²) < 4.78 is 40.5. The number of alkyl halides is 3. The van der Waals surface area contributed by atoms with Crippen molar-refractivity contribution in [3.8, 4) is 5.75 Å². The fourth-order valence-corrected chi connectivity index (χ4v) is 1.96. The maximum atomic E-state index is 12.2. The number of hydrazine groups is 1. The number of pyridine rings is 1. The number of hydrogen-bond acceptors (Lipinski definition) is 4. The first-order valence-corrected chi connectivity index (χ1v) is 6.09.